The van der Waals surface area contributed by atoms with Crippen molar-refractivity contribution in [3.63, 3.8) is 0 Å². The molecule has 7 heteroatoms. The van der Waals surface area contributed by atoms with Crippen LogP contribution in [0.25, 0.3) is 6.08 Å². The Morgan fingerprint density at radius 1 is 1.35 bits per heavy atom. The zero-order valence-corrected chi connectivity index (χ0v) is 14.9. The van der Waals surface area contributed by atoms with E-state index in [1.165, 1.54) is 11.8 Å². The molecule has 0 atom stereocenters. The van der Waals surface area contributed by atoms with Gasteiger partial charge in [-0.1, -0.05) is 18.2 Å². The Hall–Kier alpha value is -2.64. The lowest BCUT2D eigenvalue weighted by atomic mass is 10.0. The molecular weight excluding hydrogens is 330 g/mol. The second kappa shape index (κ2) is 8.64. The molecule has 1 aliphatic heterocycles. The van der Waals surface area contributed by atoms with E-state index in [1.54, 1.807) is 11.6 Å². The van der Waals surface area contributed by atoms with Crippen LogP contribution in [0.2, 0.25) is 0 Å². The lowest BCUT2D eigenvalue weighted by molar-refractivity contribution is -0.124. The molecule has 1 aromatic heterocycles. The quantitative estimate of drug-likeness (QED) is 0.417. The number of para-hydroxylation sites is 1. The number of hydrogen-bond donors (Lipinski definition) is 3. The van der Waals surface area contributed by atoms with Crippen LogP contribution in [0.15, 0.2) is 42.9 Å². The molecule has 1 aromatic carbocycles. The first-order valence-electron chi connectivity index (χ1n) is 8.82. The molecule has 0 radical (unpaired) electrons. The monoisotopic (exact) mass is 355 g/mol. The Balaban J connectivity index is 1.57. The number of piperidine rings is 1. The van der Waals surface area contributed by atoms with Crippen LogP contribution in [-0.2, 0) is 18.4 Å². The van der Waals surface area contributed by atoms with E-state index in [-0.39, 0.29) is 0 Å². The van der Waals surface area contributed by atoms with Crippen molar-refractivity contribution in [2.24, 2.45) is 7.05 Å². The number of benzene rings is 1. The third-order valence-electron chi connectivity index (χ3n) is 4.79. The molecule has 0 saturated carbocycles. The van der Waals surface area contributed by atoms with Crippen LogP contribution in [0.3, 0.4) is 0 Å². The van der Waals surface area contributed by atoms with E-state index < -0.39 is 5.91 Å². The highest BCUT2D eigenvalue weighted by atomic mass is 16.5. The fraction of sp³-hybridized carbons (Fsp3) is 0.368. The van der Waals surface area contributed by atoms with Gasteiger partial charge in [-0.2, -0.15) is 0 Å². The summed E-state index contributed by atoms with van der Waals surface area (Å²) in [5, 5.41) is 12.2. The number of aryl methyl sites for hydroxylation is 1. The zero-order chi connectivity index (χ0) is 18.4. The number of anilines is 1. The number of nitrogens with zero attached hydrogens (tertiary/aromatic N) is 3. The van der Waals surface area contributed by atoms with E-state index in [0.717, 1.165) is 43.7 Å². The normalized spacial score (nSPS) is 15.5. The molecule has 2 aromatic rings. The van der Waals surface area contributed by atoms with Crippen LogP contribution in [0.1, 0.15) is 24.1 Å². The summed E-state index contributed by atoms with van der Waals surface area (Å²) in [4.78, 5) is 17.7. The van der Waals surface area contributed by atoms with Gasteiger partial charge in [0.2, 0.25) is 0 Å². The highest BCUT2D eigenvalue weighted by Crippen LogP contribution is 2.25. The Morgan fingerprint density at radius 2 is 2.12 bits per heavy atom. The minimum absolute atomic E-state index is 0.490. The van der Waals surface area contributed by atoms with Gasteiger partial charge in [0.25, 0.3) is 5.91 Å². The first-order chi connectivity index (χ1) is 12.7. The van der Waals surface area contributed by atoms with Gasteiger partial charge in [-0.3, -0.25) is 10.0 Å². The molecule has 26 heavy (non-hydrogen) atoms. The number of hydrogen-bond acceptors (Lipinski definition) is 5. The molecule has 0 spiro atoms. The number of carbonyl (C=O) groups excluding carboxylic acids is 1. The predicted molar refractivity (Wildman–Crippen MR) is 101 cm³/mol. The summed E-state index contributed by atoms with van der Waals surface area (Å²) < 4.78 is 2.03. The average molecular weight is 355 g/mol. The maximum Gasteiger partial charge on any atom is 0.267 e. The second-order valence-corrected chi connectivity index (χ2v) is 6.51. The molecule has 1 saturated heterocycles. The number of carbonyl (C=O) groups is 1. The van der Waals surface area contributed by atoms with Crippen LogP contribution in [-0.4, -0.2) is 39.8 Å². The second-order valence-electron chi connectivity index (χ2n) is 6.51. The Labute approximate surface area is 153 Å². The van der Waals surface area contributed by atoms with E-state index in [2.05, 4.69) is 21.3 Å². The van der Waals surface area contributed by atoms with E-state index in [9.17, 15) is 4.79 Å². The lowest BCUT2D eigenvalue weighted by Crippen LogP contribution is -2.42. The molecule has 1 aliphatic rings. The van der Waals surface area contributed by atoms with E-state index in [4.69, 9.17) is 5.21 Å². The smallest absolute Gasteiger partial charge is 0.267 e. The summed E-state index contributed by atoms with van der Waals surface area (Å²) in [7, 11) is 2.01. The lowest BCUT2D eigenvalue weighted by Gasteiger charge is -2.35. The van der Waals surface area contributed by atoms with Gasteiger partial charge in [-0.25, -0.2) is 10.5 Å². The molecule has 3 N–H and O–H groups in total. The molecular formula is C19H25N5O2. The molecule has 0 bridgehead atoms. The van der Waals surface area contributed by atoms with Crippen molar-refractivity contribution >= 4 is 17.7 Å². The first-order valence-corrected chi connectivity index (χ1v) is 8.82. The Kier molecular flexibility index (Phi) is 6.04. The van der Waals surface area contributed by atoms with E-state index in [1.807, 2.05) is 42.3 Å². The molecule has 2 heterocycles. The minimum atomic E-state index is -0.530. The predicted octanol–water partition coefficient (Wildman–Crippen LogP) is 1.70. The van der Waals surface area contributed by atoms with Crippen LogP contribution in [0, 0.1) is 0 Å². The van der Waals surface area contributed by atoms with Gasteiger partial charge in [-0.15, -0.1) is 0 Å². The molecule has 1 fully saturated rings. The molecule has 0 unspecified atom stereocenters. The standard InChI is InChI=1S/C19H25N5O2/c1-23-14-20-12-17(23)13-21-16-8-10-24(11-9-16)18-5-3-2-4-15(18)6-7-19(25)22-26/h2-7,12,14,16,21,26H,8-11,13H2,1H3,(H,22,25)/b7-6+. The van der Waals surface area contributed by atoms with Gasteiger partial charge in [0.15, 0.2) is 0 Å². The SMILES string of the molecule is Cn1cncc1CNC1CCN(c2ccccc2/C=C/C(=O)NO)CC1. The fourth-order valence-electron chi connectivity index (χ4n) is 3.25. The summed E-state index contributed by atoms with van der Waals surface area (Å²) in [6.07, 6.45) is 8.91. The minimum Gasteiger partial charge on any atom is -0.371 e. The topological polar surface area (TPSA) is 82.4 Å². The third kappa shape index (κ3) is 4.50. The van der Waals surface area contributed by atoms with Gasteiger partial charge >= 0.3 is 0 Å². The number of aromatic nitrogens is 2. The Bertz CT molecular complexity index is 763. The first kappa shape index (κ1) is 18.2. The highest BCUT2D eigenvalue weighted by Gasteiger charge is 2.20. The average Bonchev–Trinajstić information content (AvgIpc) is 3.10. The number of rotatable bonds is 6. The molecule has 138 valence electrons. The van der Waals surface area contributed by atoms with Crippen molar-refractivity contribution in [2.75, 3.05) is 18.0 Å². The van der Waals surface area contributed by atoms with Crippen LogP contribution in [0.5, 0.6) is 0 Å². The summed E-state index contributed by atoms with van der Waals surface area (Å²) in [6.45, 7) is 2.75. The summed E-state index contributed by atoms with van der Waals surface area (Å²) in [6, 6.07) is 8.49. The van der Waals surface area contributed by atoms with Crippen molar-refractivity contribution in [3.8, 4) is 0 Å². The highest BCUT2D eigenvalue weighted by molar-refractivity contribution is 5.91. The van der Waals surface area contributed by atoms with Crippen LogP contribution >= 0.6 is 0 Å². The van der Waals surface area contributed by atoms with Gasteiger partial charge in [-0.05, 0) is 30.5 Å². The number of hydroxylamine groups is 1. The summed E-state index contributed by atoms with van der Waals surface area (Å²) in [5.74, 6) is -0.530. The van der Waals surface area contributed by atoms with E-state index in [0.29, 0.717) is 6.04 Å². The zero-order valence-electron chi connectivity index (χ0n) is 14.9. The summed E-state index contributed by atoms with van der Waals surface area (Å²) >= 11 is 0. The molecule has 1 amide bonds. The number of amides is 1. The number of nitrogens with one attached hydrogen (secondary N) is 2. The fourth-order valence-corrected chi connectivity index (χ4v) is 3.25. The molecule has 3 rings (SSSR count). The third-order valence-corrected chi connectivity index (χ3v) is 4.79. The van der Waals surface area contributed by atoms with Gasteiger partial charge < -0.3 is 14.8 Å². The Morgan fingerprint density at radius 3 is 2.81 bits per heavy atom. The largest absolute Gasteiger partial charge is 0.371 e. The molecule has 0 aliphatic carbocycles. The maximum atomic E-state index is 11.2. The van der Waals surface area contributed by atoms with Crippen molar-refractivity contribution in [3.05, 3.63) is 54.1 Å². The van der Waals surface area contributed by atoms with Crippen LogP contribution < -0.4 is 15.7 Å². The molecule has 7 nitrogen and oxygen atoms in total. The van der Waals surface area contributed by atoms with Crippen molar-refractivity contribution in [2.45, 2.75) is 25.4 Å². The van der Waals surface area contributed by atoms with Crippen molar-refractivity contribution < 1.29 is 10.0 Å². The van der Waals surface area contributed by atoms with Gasteiger partial charge in [0.05, 0.1) is 12.0 Å². The van der Waals surface area contributed by atoms with Gasteiger partial charge in [0.1, 0.15) is 0 Å². The van der Waals surface area contributed by atoms with Crippen LogP contribution in [0.4, 0.5) is 5.69 Å². The van der Waals surface area contributed by atoms with Crippen molar-refractivity contribution in [1.29, 1.82) is 0 Å². The van der Waals surface area contributed by atoms with Crippen molar-refractivity contribution in [1.82, 2.24) is 20.3 Å². The number of imidazole rings is 1. The van der Waals surface area contributed by atoms with Gasteiger partial charge in [0, 0.05) is 50.7 Å². The maximum absolute atomic E-state index is 11.2. The van der Waals surface area contributed by atoms with E-state index >= 15 is 0 Å². The summed E-state index contributed by atoms with van der Waals surface area (Å²) in [5.41, 5.74) is 4.88.